The van der Waals surface area contributed by atoms with E-state index >= 15 is 0 Å². The van der Waals surface area contributed by atoms with Gasteiger partial charge in [0.1, 0.15) is 0 Å². The fourth-order valence-electron chi connectivity index (χ4n) is 4.63. The van der Waals surface area contributed by atoms with Crippen LogP contribution >= 0.6 is 0 Å². The number of aliphatic hydroxyl groups is 1. The Hall–Kier alpha value is -2.52. The van der Waals surface area contributed by atoms with E-state index in [2.05, 4.69) is 58.2 Å². The highest BCUT2D eigenvalue weighted by molar-refractivity contribution is 5.48. The van der Waals surface area contributed by atoms with Crippen LogP contribution in [0.15, 0.2) is 18.2 Å². The summed E-state index contributed by atoms with van der Waals surface area (Å²) in [4.78, 5) is 9.18. The Kier molecular flexibility index (Phi) is 5.63. The van der Waals surface area contributed by atoms with Gasteiger partial charge < -0.3 is 19.8 Å². The average Bonchev–Trinajstić information content (AvgIpc) is 3.28. The molecule has 0 amide bonds. The lowest BCUT2D eigenvalue weighted by Crippen LogP contribution is -2.48. The van der Waals surface area contributed by atoms with Gasteiger partial charge in [-0.25, -0.2) is 0 Å². The van der Waals surface area contributed by atoms with Gasteiger partial charge in [0.05, 0.1) is 12.3 Å². The van der Waals surface area contributed by atoms with Crippen LogP contribution in [0.25, 0.3) is 0 Å². The molecule has 2 aromatic rings. The van der Waals surface area contributed by atoms with E-state index in [1.54, 1.807) is 0 Å². The first-order valence-corrected chi connectivity index (χ1v) is 11.1. The molecule has 9 heteroatoms. The summed E-state index contributed by atoms with van der Waals surface area (Å²) in [7, 11) is 0. The number of nitrogens with zero attached hydrogens (tertiary/aromatic N) is 8. The Labute approximate surface area is 177 Å². The van der Waals surface area contributed by atoms with Crippen molar-refractivity contribution in [3.05, 3.63) is 29.5 Å². The molecule has 0 radical (unpaired) electrons. The molecular formula is C21H30N8O. The highest BCUT2D eigenvalue weighted by atomic mass is 16.3. The first-order valence-electron chi connectivity index (χ1n) is 11.1. The van der Waals surface area contributed by atoms with E-state index in [1.165, 1.54) is 17.7 Å². The third-order valence-corrected chi connectivity index (χ3v) is 6.48. The van der Waals surface area contributed by atoms with Gasteiger partial charge in [-0.1, -0.05) is 0 Å². The van der Waals surface area contributed by atoms with Crippen LogP contribution in [0.1, 0.15) is 17.7 Å². The van der Waals surface area contributed by atoms with Crippen molar-refractivity contribution in [2.45, 2.75) is 19.3 Å². The van der Waals surface area contributed by atoms with Crippen LogP contribution in [0, 0.1) is 0 Å². The van der Waals surface area contributed by atoms with Crippen molar-refractivity contribution < 1.29 is 5.11 Å². The topological polar surface area (TPSA) is 84.8 Å². The molecule has 1 N–H and O–H groups in total. The van der Waals surface area contributed by atoms with Gasteiger partial charge in [0, 0.05) is 58.9 Å². The number of hydrogen-bond donors (Lipinski definition) is 1. The fraction of sp³-hybridized carbons (Fsp3) is 0.619. The number of rotatable bonds is 5. The smallest absolute Gasteiger partial charge is 0.151 e. The zero-order chi connectivity index (χ0) is 20.3. The van der Waals surface area contributed by atoms with Crippen LogP contribution in [-0.2, 0) is 12.8 Å². The number of β-amino-alcohol motifs (C(OH)–C–C–N with tert-alkyl or cyclic N) is 1. The van der Waals surface area contributed by atoms with E-state index < -0.39 is 0 Å². The van der Waals surface area contributed by atoms with Crippen molar-refractivity contribution >= 4 is 17.5 Å². The number of aromatic nitrogens is 4. The Morgan fingerprint density at radius 3 is 1.87 bits per heavy atom. The van der Waals surface area contributed by atoms with Crippen molar-refractivity contribution in [2.24, 2.45) is 0 Å². The molecule has 160 valence electrons. The fourth-order valence-corrected chi connectivity index (χ4v) is 4.63. The molecule has 9 nitrogen and oxygen atoms in total. The van der Waals surface area contributed by atoms with Crippen LogP contribution in [0.2, 0.25) is 0 Å². The second-order valence-electron chi connectivity index (χ2n) is 8.30. The van der Waals surface area contributed by atoms with E-state index in [-0.39, 0.29) is 6.61 Å². The van der Waals surface area contributed by atoms with Crippen molar-refractivity contribution in [1.29, 1.82) is 0 Å². The summed E-state index contributed by atoms with van der Waals surface area (Å²) in [5.74, 6) is 2.89. The van der Waals surface area contributed by atoms with Gasteiger partial charge in [-0.05, 0) is 43.0 Å². The molecule has 2 aliphatic heterocycles. The predicted octanol–water partition coefficient (Wildman–Crippen LogP) is 0.196. The van der Waals surface area contributed by atoms with E-state index in [4.69, 9.17) is 5.11 Å². The van der Waals surface area contributed by atoms with Crippen molar-refractivity contribution in [3.63, 3.8) is 0 Å². The average molecular weight is 411 g/mol. The van der Waals surface area contributed by atoms with Gasteiger partial charge in [-0.15, -0.1) is 15.3 Å². The maximum absolute atomic E-state index is 9.08. The minimum absolute atomic E-state index is 0.223. The molecule has 0 aromatic carbocycles. The van der Waals surface area contributed by atoms with Crippen molar-refractivity contribution in [1.82, 2.24) is 25.3 Å². The van der Waals surface area contributed by atoms with Crippen LogP contribution < -0.4 is 14.7 Å². The SMILES string of the molecule is OCCN1CCN(c2ccc(N3CCN(c4cc5c(nn4)CCC5)CC3)nn2)CC1. The zero-order valence-electron chi connectivity index (χ0n) is 17.4. The molecule has 5 rings (SSSR count). The third kappa shape index (κ3) is 4.04. The van der Waals surface area contributed by atoms with Crippen LogP contribution in [0.3, 0.4) is 0 Å². The number of aryl methyl sites for hydroxylation is 2. The van der Waals surface area contributed by atoms with Gasteiger partial charge in [-0.3, -0.25) is 4.90 Å². The lowest BCUT2D eigenvalue weighted by molar-refractivity contribution is 0.188. The van der Waals surface area contributed by atoms with Crippen LogP contribution in [0.5, 0.6) is 0 Å². The van der Waals surface area contributed by atoms with Crippen molar-refractivity contribution in [3.8, 4) is 0 Å². The molecule has 2 fully saturated rings. The Morgan fingerprint density at radius 1 is 0.700 bits per heavy atom. The van der Waals surface area contributed by atoms with Crippen LogP contribution in [0.4, 0.5) is 17.5 Å². The standard InChI is InChI=1S/C21H30N8O/c30-15-14-26-6-8-27(9-7-26)19-4-5-20(24-23-19)28-10-12-29(13-11-28)21-16-17-2-1-3-18(17)22-25-21/h4-5,16,30H,1-3,6-15H2. The Balaban J connectivity index is 1.16. The van der Waals surface area contributed by atoms with Gasteiger partial charge >= 0.3 is 0 Å². The molecule has 30 heavy (non-hydrogen) atoms. The zero-order valence-corrected chi connectivity index (χ0v) is 17.4. The van der Waals surface area contributed by atoms with Gasteiger partial charge in [0.15, 0.2) is 17.5 Å². The molecular weight excluding hydrogens is 380 g/mol. The van der Waals surface area contributed by atoms with Crippen LogP contribution in [-0.4, -0.2) is 95.9 Å². The molecule has 2 aromatic heterocycles. The molecule has 0 spiro atoms. The molecule has 3 aliphatic rings. The molecule has 0 unspecified atom stereocenters. The third-order valence-electron chi connectivity index (χ3n) is 6.48. The monoisotopic (exact) mass is 410 g/mol. The first-order chi connectivity index (χ1) is 14.8. The minimum atomic E-state index is 0.223. The molecule has 0 atom stereocenters. The largest absolute Gasteiger partial charge is 0.395 e. The Morgan fingerprint density at radius 2 is 1.27 bits per heavy atom. The highest BCUT2D eigenvalue weighted by Gasteiger charge is 2.23. The summed E-state index contributed by atoms with van der Waals surface area (Å²) >= 11 is 0. The molecule has 4 heterocycles. The summed E-state index contributed by atoms with van der Waals surface area (Å²) in [6, 6.07) is 6.41. The van der Waals surface area contributed by atoms with E-state index in [1.807, 2.05) is 0 Å². The first kappa shape index (κ1) is 19.4. The molecule has 0 saturated carbocycles. The second kappa shape index (κ2) is 8.69. The predicted molar refractivity (Wildman–Crippen MR) is 116 cm³/mol. The number of hydrogen-bond acceptors (Lipinski definition) is 9. The quantitative estimate of drug-likeness (QED) is 0.743. The number of piperazine rings is 2. The van der Waals surface area contributed by atoms with Gasteiger partial charge in [0.2, 0.25) is 0 Å². The maximum Gasteiger partial charge on any atom is 0.151 e. The minimum Gasteiger partial charge on any atom is -0.395 e. The van der Waals surface area contributed by atoms with E-state index in [0.717, 1.165) is 89.2 Å². The lowest BCUT2D eigenvalue weighted by atomic mass is 10.2. The molecule has 2 saturated heterocycles. The van der Waals surface area contributed by atoms with E-state index in [0.29, 0.717) is 0 Å². The number of aliphatic hydroxyl groups excluding tert-OH is 1. The van der Waals surface area contributed by atoms with Gasteiger partial charge in [0.25, 0.3) is 0 Å². The number of anilines is 3. The molecule has 1 aliphatic carbocycles. The summed E-state index contributed by atoms with van der Waals surface area (Å²) in [6.07, 6.45) is 3.41. The Bertz CT molecular complexity index is 845. The lowest BCUT2D eigenvalue weighted by Gasteiger charge is -2.36. The summed E-state index contributed by atoms with van der Waals surface area (Å²) in [6.45, 7) is 8.40. The summed E-state index contributed by atoms with van der Waals surface area (Å²) in [5, 5.41) is 27.0. The summed E-state index contributed by atoms with van der Waals surface area (Å²) in [5.41, 5.74) is 2.56. The molecule has 0 bridgehead atoms. The van der Waals surface area contributed by atoms with Gasteiger partial charge in [-0.2, -0.15) is 5.10 Å². The highest BCUT2D eigenvalue weighted by Crippen LogP contribution is 2.24. The normalized spacial score (nSPS) is 20.0. The number of fused-ring (bicyclic) bond motifs is 1. The van der Waals surface area contributed by atoms with E-state index in [9.17, 15) is 0 Å². The van der Waals surface area contributed by atoms with Crippen molar-refractivity contribution in [2.75, 3.05) is 80.2 Å². The second-order valence-corrected chi connectivity index (χ2v) is 8.30. The summed E-state index contributed by atoms with van der Waals surface area (Å²) < 4.78 is 0. The maximum atomic E-state index is 9.08.